The van der Waals surface area contributed by atoms with Gasteiger partial charge in [0.25, 0.3) is 5.91 Å². The highest BCUT2D eigenvalue weighted by Gasteiger charge is 2.09. The molecule has 1 aromatic carbocycles. The van der Waals surface area contributed by atoms with Crippen LogP contribution in [0.5, 0.6) is 5.75 Å². The van der Waals surface area contributed by atoms with Gasteiger partial charge in [-0.05, 0) is 36.8 Å². The number of benzene rings is 1. The second-order valence-electron chi connectivity index (χ2n) is 5.81. The van der Waals surface area contributed by atoms with Crippen LogP contribution in [0.15, 0.2) is 60.4 Å². The molecule has 6 nitrogen and oxygen atoms in total. The van der Waals surface area contributed by atoms with Crippen LogP contribution in [-0.4, -0.2) is 20.3 Å². The third kappa shape index (κ3) is 3.57. The van der Waals surface area contributed by atoms with Crippen LogP contribution in [0.4, 0.5) is 5.13 Å². The van der Waals surface area contributed by atoms with Gasteiger partial charge in [0, 0.05) is 29.5 Å². The molecule has 0 atom stereocenters. The van der Waals surface area contributed by atoms with Gasteiger partial charge in [0.1, 0.15) is 18.0 Å². The second kappa shape index (κ2) is 6.97. The fourth-order valence-corrected chi connectivity index (χ4v) is 3.09. The molecule has 7 heteroatoms. The highest BCUT2D eigenvalue weighted by Crippen LogP contribution is 2.18. The molecule has 1 amide bonds. The van der Waals surface area contributed by atoms with Crippen LogP contribution in [0.3, 0.4) is 0 Å². The average molecular weight is 364 g/mol. The first-order valence-electron chi connectivity index (χ1n) is 8.05. The SMILES string of the molecule is Cc1ccc2nc(COc3cccc(C(=O)Nc4nccs4)c3)cn2c1. The third-order valence-corrected chi connectivity index (χ3v) is 4.47. The van der Waals surface area contributed by atoms with Crippen molar-refractivity contribution in [3.8, 4) is 5.75 Å². The summed E-state index contributed by atoms with van der Waals surface area (Å²) in [6, 6.07) is 11.1. The summed E-state index contributed by atoms with van der Waals surface area (Å²) >= 11 is 1.38. The summed E-state index contributed by atoms with van der Waals surface area (Å²) in [5.74, 6) is 0.402. The number of thiazole rings is 1. The summed E-state index contributed by atoms with van der Waals surface area (Å²) in [5, 5.41) is 5.14. The van der Waals surface area contributed by atoms with Gasteiger partial charge in [0.15, 0.2) is 5.13 Å². The van der Waals surface area contributed by atoms with Crippen molar-refractivity contribution in [2.75, 3.05) is 5.32 Å². The van der Waals surface area contributed by atoms with E-state index in [2.05, 4.69) is 15.3 Å². The Bertz CT molecular complexity index is 1060. The van der Waals surface area contributed by atoms with Crippen LogP contribution in [0.2, 0.25) is 0 Å². The summed E-state index contributed by atoms with van der Waals surface area (Å²) in [6.45, 7) is 2.37. The molecule has 0 aliphatic heterocycles. The molecule has 0 saturated carbocycles. The van der Waals surface area contributed by atoms with Crippen LogP contribution < -0.4 is 10.1 Å². The Kier molecular flexibility index (Phi) is 4.37. The summed E-state index contributed by atoms with van der Waals surface area (Å²) in [4.78, 5) is 20.9. The zero-order chi connectivity index (χ0) is 17.9. The quantitative estimate of drug-likeness (QED) is 0.583. The van der Waals surface area contributed by atoms with Crippen molar-refractivity contribution in [2.24, 2.45) is 0 Å². The normalized spacial score (nSPS) is 10.8. The molecule has 0 aliphatic rings. The molecule has 3 aromatic heterocycles. The maximum absolute atomic E-state index is 12.3. The predicted octanol–water partition coefficient (Wildman–Crippen LogP) is 3.93. The van der Waals surface area contributed by atoms with E-state index in [9.17, 15) is 4.79 Å². The Hall–Kier alpha value is -3.19. The van der Waals surface area contributed by atoms with Gasteiger partial charge in [-0.15, -0.1) is 11.3 Å². The molecule has 0 saturated heterocycles. The van der Waals surface area contributed by atoms with E-state index in [1.54, 1.807) is 24.4 Å². The number of carbonyl (C=O) groups excluding carboxylic acids is 1. The molecule has 1 N–H and O–H groups in total. The van der Waals surface area contributed by atoms with Crippen LogP contribution >= 0.6 is 11.3 Å². The summed E-state index contributed by atoms with van der Waals surface area (Å²) in [5.41, 5.74) is 3.39. The first kappa shape index (κ1) is 16.3. The lowest BCUT2D eigenvalue weighted by atomic mass is 10.2. The van der Waals surface area contributed by atoms with Gasteiger partial charge in [-0.1, -0.05) is 12.1 Å². The Morgan fingerprint density at radius 1 is 1.27 bits per heavy atom. The maximum atomic E-state index is 12.3. The number of nitrogens with zero attached hydrogens (tertiary/aromatic N) is 3. The topological polar surface area (TPSA) is 68.5 Å². The Morgan fingerprint density at radius 3 is 3.04 bits per heavy atom. The number of imidazole rings is 1. The zero-order valence-electron chi connectivity index (χ0n) is 14.0. The second-order valence-corrected chi connectivity index (χ2v) is 6.71. The molecule has 26 heavy (non-hydrogen) atoms. The molecule has 0 spiro atoms. The minimum absolute atomic E-state index is 0.214. The average Bonchev–Trinajstić information content (AvgIpc) is 3.29. The van der Waals surface area contributed by atoms with Crippen molar-refractivity contribution in [3.05, 3.63) is 77.2 Å². The van der Waals surface area contributed by atoms with E-state index in [-0.39, 0.29) is 5.91 Å². The highest BCUT2D eigenvalue weighted by atomic mass is 32.1. The molecule has 4 aromatic rings. The number of nitrogens with one attached hydrogen (secondary N) is 1. The minimum Gasteiger partial charge on any atom is -0.487 e. The first-order chi connectivity index (χ1) is 12.7. The molecule has 0 aliphatic carbocycles. The van der Waals surface area contributed by atoms with Crippen LogP contribution in [0.1, 0.15) is 21.6 Å². The van der Waals surface area contributed by atoms with E-state index in [4.69, 9.17) is 4.74 Å². The summed E-state index contributed by atoms with van der Waals surface area (Å²) < 4.78 is 7.79. The number of anilines is 1. The van der Waals surface area contributed by atoms with E-state index in [0.29, 0.717) is 23.1 Å². The van der Waals surface area contributed by atoms with Crippen LogP contribution in [0.25, 0.3) is 5.65 Å². The Balaban J connectivity index is 1.45. The maximum Gasteiger partial charge on any atom is 0.257 e. The number of aryl methyl sites for hydroxylation is 1. The van der Waals surface area contributed by atoms with Gasteiger partial charge in [-0.3, -0.25) is 10.1 Å². The number of rotatable bonds is 5. The van der Waals surface area contributed by atoms with Gasteiger partial charge in [-0.2, -0.15) is 0 Å². The van der Waals surface area contributed by atoms with Crippen molar-refractivity contribution >= 4 is 28.0 Å². The molecular formula is C19H16N4O2S. The van der Waals surface area contributed by atoms with Gasteiger partial charge in [0.2, 0.25) is 0 Å². The molecule has 130 valence electrons. The minimum atomic E-state index is -0.214. The van der Waals surface area contributed by atoms with Crippen molar-refractivity contribution < 1.29 is 9.53 Å². The van der Waals surface area contributed by atoms with E-state index in [0.717, 1.165) is 11.3 Å². The number of amides is 1. The lowest BCUT2D eigenvalue weighted by Gasteiger charge is -2.06. The van der Waals surface area contributed by atoms with Crippen LogP contribution in [0, 0.1) is 6.92 Å². The van der Waals surface area contributed by atoms with E-state index >= 15 is 0 Å². The fraction of sp³-hybridized carbons (Fsp3) is 0.105. The fourth-order valence-electron chi connectivity index (χ4n) is 2.56. The molecule has 4 rings (SSSR count). The number of ether oxygens (including phenoxy) is 1. The van der Waals surface area contributed by atoms with Crippen molar-refractivity contribution in [3.63, 3.8) is 0 Å². The number of pyridine rings is 1. The van der Waals surface area contributed by atoms with E-state index in [1.807, 2.05) is 47.3 Å². The van der Waals surface area contributed by atoms with Crippen molar-refractivity contribution in [1.82, 2.24) is 14.4 Å². The van der Waals surface area contributed by atoms with E-state index < -0.39 is 0 Å². The highest BCUT2D eigenvalue weighted by molar-refractivity contribution is 7.13. The molecule has 0 radical (unpaired) electrons. The third-order valence-electron chi connectivity index (χ3n) is 3.78. The van der Waals surface area contributed by atoms with Crippen LogP contribution in [-0.2, 0) is 6.61 Å². The molecule has 3 heterocycles. The zero-order valence-corrected chi connectivity index (χ0v) is 14.9. The number of fused-ring (bicyclic) bond motifs is 1. The lowest BCUT2D eigenvalue weighted by Crippen LogP contribution is -2.11. The monoisotopic (exact) mass is 364 g/mol. The summed E-state index contributed by atoms with van der Waals surface area (Å²) in [7, 11) is 0. The summed E-state index contributed by atoms with van der Waals surface area (Å²) in [6.07, 6.45) is 5.62. The Morgan fingerprint density at radius 2 is 2.19 bits per heavy atom. The predicted molar refractivity (Wildman–Crippen MR) is 101 cm³/mol. The van der Waals surface area contributed by atoms with E-state index in [1.165, 1.54) is 16.9 Å². The molecule has 0 unspecified atom stereocenters. The Labute approximate surface area is 154 Å². The number of hydrogen-bond acceptors (Lipinski definition) is 5. The molecule has 0 bridgehead atoms. The largest absolute Gasteiger partial charge is 0.487 e. The first-order valence-corrected chi connectivity index (χ1v) is 8.93. The van der Waals surface area contributed by atoms with Gasteiger partial charge >= 0.3 is 0 Å². The number of aromatic nitrogens is 3. The molecule has 0 fully saturated rings. The van der Waals surface area contributed by atoms with Crippen molar-refractivity contribution in [1.29, 1.82) is 0 Å². The standard InChI is InChI=1S/C19H16N4O2S/c1-13-5-6-17-21-15(11-23(17)10-13)12-25-16-4-2-3-14(9-16)18(24)22-19-20-7-8-26-19/h2-11H,12H2,1H3,(H,20,22,24). The number of carbonyl (C=O) groups is 1. The van der Waals surface area contributed by atoms with Gasteiger partial charge < -0.3 is 9.14 Å². The lowest BCUT2D eigenvalue weighted by molar-refractivity contribution is 0.102. The molecular weight excluding hydrogens is 348 g/mol. The van der Waals surface area contributed by atoms with Gasteiger partial charge in [0.05, 0.1) is 5.69 Å². The van der Waals surface area contributed by atoms with Crippen molar-refractivity contribution in [2.45, 2.75) is 13.5 Å². The number of hydrogen-bond donors (Lipinski definition) is 1. The van der Waals surface area contributed by atoms with Gasteiger partial charge in [-0.25, -0.2) is 9.97 Å². The smallest absolute Gasteiger partial charge is 0.257 e.